The number of aromatic hydroxyl groups is 1. The maximum atomic E-state index is 9.26. The molecular weight excluding hydrogens is 222 g/mol. The van der Waals surface area contributed by atoms with E-state index in [0.29, 0.717) is 5.75 Å². The molecule has 1 aromatic heterocycles. The van der Waals surface area contributed by atoms with Crippen molar-refractivity contribution in [1.82, 2.24) is 4.98 Å². The van der Waals surface area contributed by atoms with E-state index in [1.54, 1.807) is 12.1 Å². The van der Waals surface area contributed by atoms with Crippen molar-refractivity contribution in [2.24, 2.45) is 0 Å². The van der Waals surface area contributed by atoms with E-state index in [1.165, 1.54) is 27.6 Å². The summed E-state index contributed by atoms with van der Waals surface area (Å²) < 4.78 is 0. The number of rotatable bonds is 2. The molecule has 3 aromatic rings. The van der Waals surface area contributed by atoms with Crippen LogP contribution in [0.25, 0.3) is 10.9 Å². The zero-order valence-electron chi connectivity index (χ0n) is 10.3. The number of aromatic nitrogens is 1. The van der Waals surface area contributed by atoms with Gasteiger partial charge < -0.3 is 10.1 Å². The Balaban J connectivity index is 1.92. The number of hydrogen-bond donors (Lipinski definition) is 2. The minimum atomic E-state index is 0.314. The molecule has 1 heterocycles. The van der Waals surface area contributed by atoms with Gasteiger partial charge in [0.1, 0.15) is 5.75 Å². The first-order valence-corrected chi connectivity index (χ1v) is 6.07. The lowest BCUT2D eigenvalue weighted by Crippen LogP contribution is -1.87. The van der Waals surface area contributed by atoms with Crippen LogP contribution in [0.4, 0.5) is 0 Å². The Morgan fingerprint density at radius 3 is 2.50 bits per heavy atom. The first-order chi connectivity index (χ1) is 8.72. The molecule has 0 aliphatic heterocycles. The van der Waals surface area contributed by atoms with Gasteiger partial charge in [0.05, 0.1) is 0 Å². The van der Waals surface area contributed by atoms with Crippen molar-refractivity contribution in [3.63, 3.8) is 0 Å². The summed E-state index contributed by atoms with van der Waals surface area (Å²) >= 11 is 0. The van der Waals surface area contributed by atoms with Crippen LogP contribution in [0, 0.1) is 6.92 Å². The number of aromatic amines is 1. The van der Waals surface area contributed by atoms with Crippen LogP contribution in [-0.4, -0.2) is 10.1 Å². The zero-order valence-corrected chi connectivity index (χ0v) is 10.3. The fourth-order valence-electron chi connectivity index (χ4n) is 2.28. The van der Waals surface area contributed by atoms with E-state index in [-0.39, 0.29) is 0 Å². The average Bonchev–Trinajstić information content (AvgIpc) is 2.74. The minimum absolute atomic E-state index is 0.314. The molecule has 0 fully saturated rings. The van der Waals surface area contributed by atoms with Gasteiger partial charge in [0, 0.05) is 17.1 Å². The van der Waals surface area contributed by atoms with Gasteiger partial charge >= 0.3 is 0 Å². The zero-order chi connectivity index (χ0) is 12.5. The van der Waals surface area contributed by atoms with E-state index in [1.807, 2.05) is 18.3 Å². The number of nitrogens with one attached hydrogen (secondary N) is 1. The summed E-state index contributed by atoms with van der Waals surface area (Å²) in [5.74, 6) is 0.314. The molecule has 0 aliphatic carbocycles. The first-order valence-electron chi connectivity index (χ1n) is 6.07. The average molecular weight is 237 g/mol. The molecule has 2 N–H and O–H groups in total. The second-order valence-corrected chi connectivity index (χ2v) is 4.69. The normalized spacial score (nSPS) is 10.9. The third-order valence-electron chi connectivity index (χ3n) is 3.30. The van der Waals surface area contributed by atoms with Gasteiger partial charge in [-0.1, -0.05) is 24.3 Å². The Morgan fingerprint density at radius 1 is 1.00 bits per heavy atom. The number of hydrogen-bond acceptors (Lipinski definition) is 1. The highest BCUT2D eigenvalue weighted by Gasteiger charge is 2.02. The van der Waals surface area contributed by atoms with Crippen LogP contribution in [0.2, 0.25) is 0 Å². The largest absolute Gasteiger partial charge is 0.508 e. The molecule has 90 valence electrons. The van der Waals surface area contributed by atoms with Crippen LogP contribution in [0.5, 0.6) is 5.75 Å². The Hall–Kier alpha value is -2.22. The second kappa shape index (κ2) is 4.22. The first kappa shape index (κ1) is 10.9. The predicted molar refractivity (Wildman–Crippen MR) is 73.9 cm³/mol. The third kappa shape index (κ3) is 1.97. The molecule has 2 nitrogen and oxygen atoms in total. The van der Waals surface area contributed by atoms with Crippen LogP contribution in [0.1, 0.15) is 16.7 Å². The number of phenolic OH excluding ortho intramolecular Hbond substituents is 1. The summed E-state index contributed by atoms with van der Waals surface area (Å²) in [6.07, 6.45) is 2.92. The van der Waals surface area contributed by atoms with Gasteiger partial charge in [0.15, 0.2) is 0 Å². The molecule has 2 aromatic carbocycles. The van der Waals surface area contributed by atoms with Crippen molar-refractivity contribution < 1.29 is 5.11 Å². The van der Waals surface area contributed by atoms with Gasteiger partial charge in [-0.05, 0) is 48.2 Å². The van der Waals surface area contributed by atoms with Crippen molar-refractivity contribution in [3.8, 4) is 5.75 Å². The SMILES string of the molecule is Cc1c[nH]c2cc(Cc3ccc(O)cc3)ccc12. The number of aryl methyl sites for hydroxylation is 1. The third-order valence-corrected chi connectivity index (χ3v) is 3.30. The van der Waals surface area contributed by atoms with Crippen molar-refractivity contribution in [1.29, 1.82) is 0 Å². The van der Waals surface area contributed by atoms with Gasteiger partial charge in [0.2, 0.25) is 0 Å². The lowest BCUT2D eigenvalue weighted by molar-refractivity contribution is 0.475. The van der Waals surface area contributed by atoms with Crippen molar-refractivity contribution in [3.05, 3.63) is 65.4 Å². The van der Waals surface area contributed by atoms with Gasteiger partial charge in [-0.15, -0.1) is 0 Å². The maximum Gasteiger partial charge on any atom is 0.115 e. The lowest BCUT2D eigenvalue weighted by Gasteiger charge is -2.03. The number of benzene rings is 2. The summed E-state index contributed by atoms with van der Waals surface area (Å²) in [5, 5.41) is 10.5. The van der Waals surface area contributed by atoms with E-state index < -0.39 is 0 Å². The number of fused-ring (bicyclic) bond motifs is 1. The fourth-order valence-corrected chi connectivity index (χ4v) is 2.28. The molecule has 0 spiro atoms. The molecule has 0 aliphatic rings. The predicted octanol–water partition coefficient (Wildman–Crippen LogP) is 3.77. The second-order valence-electron chi connectivity index (χ2n) is 4.69. The monoisotopic (exact) mass is 237 g/mol. The molecule has 0 bridgehead atoms. The molecule has 0 atom stereocenters. The van der Waals surface area contributed by atoms with Crippen LogP contribution in [-0.2, 0) is 6.42 Å². The van der Waals surface area contributed by atoms with Crippen molar-refractivity contribution in [2.75, 3.05) is 0 Å². The Bertz CT molecular complexity index is 680. The summed E-state index contributed by atoms with van der Waals surface area (Å²) in [5.41, 5.74) is 4.94. The quantitative estimate of drug-likeness (QED) is 0.699. The van der Waals surface area contributed by atoms with E-state index >= 15 is 0 Å². The fraction of sp³-hybridized carbons (Fsp3) is 0.125. The maximum absolute atomic E-state index is 9.26. The molecule has 0 saturated carbocycles. The van der Waals surface area contributed by atoms with E-state index in [4.69, 9.17) is 0 Å². The van der Waals surface area contributed by atoms with Gasteiger partial charge in [0.25, 0.3) is 0 Å². The molecule has 0 amide bonds. The van der Waals surface area contributed by atoms with Crippen LogP contribution >= 0.6 is 0 Å². The minimum Gasteiger partial charge on any atom is -0.508 e. The topological polar surface area (TPSA) is 36.0 Å². The number of H-pyrrole nitrogens is 1. The highest BCUT2D eigenvalue weighted by atomic mass is 16.3. The molecule has 2 heteroatoms. The molecule has 0 unspecified atom stereocenters. The Kier molecular flexibility index (Phi) is 2.56. The number of phenols is 1. The Labute approximate surface area is 106 Å². The van der Waals surface area contributed by atoms with Crippen molar-refractivity contribution in [2.45, 2.75) is 13.3 Å². The highest BCUT2D eigenvalue weighted by molar-refractivity contribution is 5.83. The molecular formula is C16H15NO. The smallest absolute Gasteiger partial charge is 0.115 e. The molecule has 3 rings (SSSR count). The van der Waals surface area contributed by atoms with Crippen LogP contribution < -0.4 is 0 Å². The molecule has 0 radical (unpaired) electrons. The van der Waals surface area contributed by atoms with E-state index in [9.17, 15) is 5.11 Å². The summed E-state index contributed by atoms with van der Waals surface area (Å²) in [4.78, 5) is 3.28. The highest BCUT2D eigenvalue weighted by Crippen LogP contribution is 2.21. The van der Waals surface area contributed by atoms with Crippen molar-refractivity contribution >= 4 is 10.9 Å². The van der Waals surface area contributed by atoms with E-state index in [2.05, 4.69) is 30.1 Å². The molecule has 0 saturated heterocycles. The van der Waals surface area contributed by atoms with Gasteiger partial charge in [-0.25, -0.2) is 0 Å². The summed E-state index contributed by atoms with van der Waals surface area (Å²) in [7, 11) is 0. The Morgan fingerprint density at radius 2 is 1.72 bits per heavy atom. The van der Waals surface area contributed by atoms with E-state index in [0.717, 1.165) is 6.42 Å². The summed E-state index contributed by atoms with van der Waals surface area (Å²) in [6, 6.07) is 13.9. The van der Waals surface area contributed by atoms with Crippen LogP contribution in [0.3, 0.4) is 0 Å². The van der Waals surface area contributed by atoms with Crippen LogP contribution in [0.15, 0.2) is 48.7 Å². The summed E-state index contributed by atoms with van der Waals surface area (Å²) in [6.45, 7) is 2.11. The van der Waals surface area contributed by atoms with Gasteiger partial charge in [-0.2, -0.15) is 0 Å². The van der Waals surface area contributed by atoms with Gasteiger partial charge in [-0.3, -0.25) is 0 Å². The standard InChI is InChI=1S/C16H15NO/c1-11-10-17-16-9-13(4-7-15(11)16)8-12-2-5-14(18)6-3-12/h2-7,9-10,17-18H,8H2,1H3. The molecule has 18 heavy (non-hydrogen) atoms. The lowest BCUT2D eigenvalue weighted by atomic mass is 10.0.